The van der Waals surface area contributed by atoms with E-state index in [1.165, 1.54) is 12.1 Å². The van der Waals surface area contributed by atoms with Crippen molar-refractivity contribution < 1.29 is 27.9 Å². The predicted molar refractivity (Wildman–Crippen MR) is 292 cm³/mol. The monoisotopic (exact) mass is 1160 g/mol. The Bertz CT molecular complexity index is 2850. The molecule has 0 aliphatic carbocycles. The van der Waals surface area contributed by atoms with Gasteiger partial charge in [0.2, 0.25) is 0 Å². The molecule has 4 aromatic carbocycles. The molecule has 0 atom stereocenters. The van der Waals surface area contributed by atoms with E-state index < -0.39 is 11.8 Å². The summed E-state index contributed by atoms with van der Waals surface area (Å²) in [5, 5.41) is 10.1. The van der Waals surface area contributed by atoms with Crippen LogP contribution in [-0.2, 0) is 9.47 Å². The lowest BCUT2D eigenvalue weighted by molar-refractivity contribution is 0.0990. The van der Waals surface area contributed by atoms with Crippen molar-refractivity contribution in [2.45, 2.75) is 13.8 Å². The highest BCUT2D eigenvalue weighted by Gasteiger charge is 2.24. The molecular formula is C51H58I2N8O8. The number of carbonyl (C=O) groups is 2. The number of nitrogens with zero attached hydrogens (tertiary/aromatic N) is 5. The Balaban J connectivity index is 0.000000180. The number of nitrogens with one attached hydrogen (secondary N) is 3. The summed E-state index contributed by atoms with van der Waals surface area (Å²) in [4.78, 5) is 63.1. The zero-order valence-electron chi connectivity index (χ0n) is 39.2. The number of hydrogen-bond donors (Lipinski definition) is 3. The number of hydrogen-bond acceptors (Lipinski definition) is 14. The maximum atomic E-state index is 13.0. The number of anilines is 6. The van der Waals surface area contributed by atoms with Crippen LogP contribution in [0.4, 0.5) is 34.1 Å². The minimum Gasteiger partial charge on any atom is -0.448 e. The van der Waals surface area contributed by atoms with Gasteiger partial charge in [-0.2, -0.15) is 0 Å². The molecule has 0 radical (unpaired) electrons. The van der Waals surface area contributed by atoms with Crippen LogP contribution < -0.4 is 46.4 Å². The van der Waals surface area contributed by atoms with Crippen LogP contribution in [0.3, 0.4) is 0 Å². The third-order valence-electron chi connectivity index (χ3n) is 12.9. The smallest absolute Gasteiger partial charge is 0.291 e. The minimum atomic E-state index is -0.444. The average molecular weight is 1160 g/mol. The Morgan fingerprint density at radius 2 is 0.913 bits per heavy atom. The largest absolute Gasteiger partial charge is 0.448 e. The van der Waals surface area contributed by atoms with Gasteiger partial charge in [-0.05, 0) is 92.7 Å². The van der Waals surface area contributed by atoms with E-state index in [-0.39, 0.29) is 22.4 Å². The summed E-state index contributed by atoms with van der Waals surface area (Å²) in [6, 6.07) is 25.8. The van der Waals surface area contributed by atoms with Crippen molar-refractivity contribution in [3.8, 4) is 0 Å². The third kappa shape index (κ3) is 12.0. The van der Waals surface area contributed by atoms with E-state index in [4.69, 9.17) is 18.3 Å². The lowest BCUT2D eigenvalue weighted by atomic mass is 10.1. The SMILES string of the molecule is Cc1ccc(N2CCN(C)CC2)c2oc(C(=O)Nc3ccc(N4CCOCC4)cc3)cc(=O)c12.Cc1ccc(N2CCNCC2)c2oc(C(=O)Nc3ccc(N4CCOCC4)cc3)cc(=O)c12.II. The maximum Gasteiger partial charge on any atom is 0.291 e. The number of benzene rings is 4. The van der Waals surface area contributed by atoms with Crippen LogP contribution >= 0.6 is 37.2 Å². The zero-order valence-corrected chi connectivity index (χ0v) is 43.5. The summed E-state index contributed by atoms with van der Waals surface area (Å²) in [6.45, 7) is 16.9. The molecule has 0 bridgehead atoms. The third-order valence-corrected chi connectivity index (χ3v) is 12.9. The van der Waals surface area contributed by atoms with Gasteiger partial charge in [0.1, 0.15) is 0 Å². The summed E-state index contributed by atoms with van der Waals surface area (Å²) in [5.41, 5.74) is 7.38. The lowest BCUT2D eigenvalue weighted by Gasteiger charge is -2.34. The first-order valence-corrected chi connectivity index (χ1v) is 29.5. The summed E-state index contributed by atoms with van der Waals surface area (Å²) in [7, 11) is 2.10. The van der Waals surface area contributed by atoms with Gasteiger partial charge in [-0.3, -0.25) is 19.2 Å². The fourth-order valence-electron chi connectivity index (χ4n) is 9.04. The molecule has 69 heavy (non-hydrogen) atoms. The number of fused-ring (bicyclic) bond motifs is 2. The first-order chi connectivity index (χ1) is 33.6. The number of piperazine rings is 2. The molecule has 4 aliphatic rings. The van der Waals surface area contributed by atoms with Crippen molar-refractivity contribution in [2.24, 2.45) is 0 Å². The molecule has 0 saturated carbocycles. The molecule has 3 N–H and O–H groups in total. The fourth-order valence-corrected chi connectivity index (χ4v) is 9.04. The lowest BCUT2D eigenvalue weighted by Crippen LogP contribution is -2.44. The molecule has 18 heteroatoms. The first kappa shape index (κ1) is 50.1. The number of likely N-dealkylation sites (N-methyl/N-ethyl adjacent to an activating group) is 1. The minimum absolute atomic E-state index is 0.00624. The highest BCUT2D eigenvalue weighted by molar-refractivity contribution is 15.0. The Hall–Kier alpha value is -5.26. The Morgan fingerprint density at radius 3 is 1.32 bits per heavy atom. The molecular weight excluding hydrogens is 1110 g/mol. The number of rotatable bonds is 8. The number of halogens is 2. The molecule has 0 spiro atoms. The molecule has 10 rings (SSSR count). The van der Waals surface area contributed by atoms with Crippen molar-refractivity contribution in [1.29, 1.82) is 0 Å². The van der Waals surface area contributed by atoms with Gasteiger partial charge in [-0.1, -0.05) is 12.1 Å². The number of aryl methyl sites for hydroxylation is 2. The predicted octanol–water partition coefficient (Wildman–Crippen LogP) is 7.31. The van der Waals surface area contributed by atoms with Gasteiger partial charge in [-0.15, -0.1) is 0 Å². The number of ether oxygens (including phenoxy) is 2. The van der Waals surface area contributed by atoms with Crippen molar-refractivity contribution in [1.82, 2.24) is 10.2 Å². The Kier molecular flexibility index (Phi) is 17.1. The Morgan fingerprint density at radius 1 is 0.522 bits per heavy atom. The number of carbonyl (C=O) groups excluding carboxylic acids is 2. The van der Waals surface area contributed by atoms with Gasteiger partial charge in [0, 0.05) is 151 Å². The van der Waals surface area contributed by atoms with Crippen molar-refractivity contribution >= 4 is 105 Å². The molecule has 4 aliphatic heterocycles. The summed E-state index contributed by atoms with van der Waals surface area (Å²) >= 11 is 4.24. The van der Waals surface area contributed by atoms with E-state index in [2.05, 4.69) is 84.7 Å². The van der Waals surface area contributed by atoms with Crippen LogP contribution in [0.5, 0.6) is 0 Å². The highest BCUT2D eigenvalue weighted by Crippen LogP contribution is 2.31. The molecule has 4 saturated heterocycles. The second-order valence-electron chi connectivity index (χ2n) is 17.4. The summed E-state index contributed by atoms with van der Waals surface area (Å²) in [5.74, 6) is -0.868. The van der Waals surface area contributed by atoms with Crippen molar-refractivity contribution in [3.63, 3.8) is 0 Å². The molecule has 0 unspecified atom stereocenters. The molecule has 4 fully saturated rings. The Labute approximate surface area is 424 Å². The van der Waals surface area contributed by atoms with Gasteiger partial charge in [0.15, 0.2) is 33.5 Å². The van der Waals surface area contributed by atoms with Gasteiger partial charge in [-0.25, -0.2) is 0 Å². The normalized spacial score (nSPS) is 16.6. The molecule has 364 valence electrons. The average Bonchev–Trinajstić information content (AvgIpc) is 3.38. The van der Waals surface area contributed by atoms with E-state index in [0.29, 0.717) is 33.3 Å². The molecule has 2 amide bonds. The van der Waals surface area contributed by atoms with Crippen LogP contribution in [0.25, 0.3) is 21.9 Å². The number of morpholine rings is 2. The van der Waals surface area contributed by atoms with Gasteiger partial charge >= 0.3 is 0 Å². The standard InChI is InChI=1S/C26H30N4O4.C25H28N4O4.I2/c1-18-3-8-21(30-11-9-28(2)10-12-30)25-24(18)22(31)17-23(34-25)26(32)27-19-4-6-20(7-5-19)29-13-15-33-16-14-29;1-17-2-7-20(29-10-8-26-9-11-29)24-23(17)21(30)16-22(33-24)25(31)27-18-3-5-19(6-4-18)28-12-14-32-15-13-28;1-2/h3-8,17H,9-16H2,1-2H3,(H,27,32);2-7,16,26H,8-15H2,1H3,(H,27,31);. The fraction of sp³-hybridized carbons (Fsp3) is 0.373. The van der Waals surface area contributed by atoms with E-state index >= 15 is 0 Å². The molecule has 2 aromatic heterocycles. The summed E-state index contributed by atoms with van der Waals surface area (Å²) in [6.07, 6.45) is 0. The summed E-state index contributed by atoms with van der Waals surface area (Å²) < 4.78 is 23.0. The molecule has 16 nitrogen and oxygen atoms in total. The van der Waals surface area contributed by atoms with E-state index in [9.17, 15) is 19.2 Å². The van der Waals surface area contributed by atoms with Gasteiger partial charge in [0.25, 0.3) is 11.8 Å². The topological polar surface area (TPSA) is 165 Å². The second-order valence-corrected chi connectivity index (χ2v) is 17.4. The van der Waals surface area contributed by atoms with Crippen LogP contribution in [0.2, 0.25) is 0 Å². The van der Waals surface area contributed by atoms with Crippen molar-refractivity contribution in [3.05, 3.63) is 128 Å². The van der Waals surface area contributed by atoms with E-state index in [1.807, 2.05) is 86.6 Å². The van der Waals surface area contributed by atoms with Gasteiger partial charge < -0.3 is 58.8 Å². The second kappa shape index (κ2) is 23.6. The van der Waals surface area contributed by atoms with Crippen LogP contribution in [-0.4, -0.2) is 129 Å². The van der Waals surface area contributed by atoms with Crippen molar-refractivity contribution in [2.75, 3.05) is 142 Å². The maximum absolute atomic E-state index is 13.0. The van der Waals surface area contributed by atoms with E-state index in [1.54, 1.807) is 0 Å². The highest BCUT2D eigenvalue weighted by atomic mass is 128. The zero-order chi connectivity index (χ0) is 48.4. The number of amides is 2. The quantitative estimate of drug-likeness (QED) is 0.130. The van der Waals surface area contributed by atoms with Crippen LogP contribution in [0.15, 0.2) is 103 Å². The molecule has 6 aromatic rings. The van der Waals surface area contributed by atoms with Gasteiger partial charge in [0.05, 0.1) is 48.6 Å². The molecule has 6 heterocycles. The first-order valence-electron chi connectivity index (χ1n) is 23.3. The van der Waals surface area contributed by atoms with Crippen LogP contribution in [0, 0.1) is 13.8 Å². The van der Waals surface area contributed by atoms with E-state index in [0.717, 1.165) is 139 Å². The van der Waals surface area contributed by atoms with Crippen LogP contribution in [0.1, 0.15) is 32.2 Å².